The van der Waals surface area contributed by atoms with Crippen LogP contribution in [0.1, 0.15) is 16.0 Å². The molecule has 0 atom stereocenters. The summed E-state index contributed by atoms with van der Waals surface area (Å²) in [5.74, 6) is 0. The Bertz CT molecular complexity index is 1250. The van der Waals surface area contributed by atoms with Crippen molar-refractivity contribution in [2.24, 2.45) is 0 Å². The van der Waals surface area contributed by atoms with Crippen LogP contribution in [0, 0.1) is 0 Å². The summed E-state index contributed by atoms with van der Waals surface area (Å²) in [4.78, 5) is 2.55. The van der Waals surface area contributed by atoms with E-state index in [1.165, 1.54) is 43.1 Å². The van der Waals surface area contributed by atoms with Gasteiger partial charge in [0.05, 0.1) is 0 Å². The van der Waals surface area contributed by atoms with E-state index in [1.54, 1.807) is 22.7 Å². The van der Waals surface area contributed by atoms with Crippen LogP contribution in [0.3, 0.4) is 0 Å². The third-order valence-electron chi connectivity index (χ3n) is 5.12. The predicted molar refractivity (Wildman–Crippen MR) is 133 cm³/mol. The van der Waals surface area contributed by atoms with Gasteiger partial charge in [0.15, 0.2) is 0 Å². The second kappa shape index (κ2) is 8.66. The highest BCUT2D eigenvalue weighted by Gasteiger charge is 2.13. The third kappa shape index (κ3) is 3.93. The van der Waals surface area contributed by atoms with E-state index in [4.69, 9.17) is 0 Å². The molecule has 5 rings (SSSR count). The van der Waals surface area contributed by atoms with Crippen LogP contribution in [0.4, 0.5) is 0 Å². The Morgan fingerprint density at radius 3 is 2.00 bits per heavy atom. The number of thiophene rings is 2. The predicted octanol–water partition coefficient (Wildman–Crippen LogP) is 8.73. The van der Waals surface area contributed by atoms with E-state index in [9.17, 15) is 0 Å². The van der Waals surface area contributed by atoms with E-state index in [2.05, 4.69) is 120 Å². The number of hydrogen-bond donors (Lipinski definition) is 0. The van der Waals surface area contributed by atoms with Crippen LogP contribution in [0.2, 0.25) is 0 Å². The van der Waals surface area contributed by atoms with Crippen molar-refractivity contribution < 1.29 is 0 Å². The summed E-state index contributed by atoms with van der Waals surface area (Å²) in [5, 5.41) is 4.28. The molecular formula is C28H20S2. The maximum absolute atomic E-state index is 2.35. The molecule has 0 amide bonds. The highest BCUT2D eigenvalue weighted by atomic mass is 32.1. The van der Waals surface area contributed by atoms with Gasteiger partial charge in [-0.25, -0.2) is 0 Å². The lowest BCUT2D eigenvalue weighted by molar-refractivity contribution is 1.54. The molecule has 0 spiro atoms. The van der Waals surface area contributed by atoms with Crippen LogP contribution in [-0.4, -0.2) is 0 Å². The molecule has 0 nitrogen and oxygen atoms in total. The van der Waals surface area contributed by atoms with E-state index in [0.29, 0.717) is 0 Å². The van der Waals surface area contributed by atoms with Gasteiger partial charge in [-0.3, -0.25) is 0 Å². The highest BCUT2D eigenvalue weighted by molar-refractivity contribution is 7.13. The Hall–Kier alpha value is -3.20. The Balaban J connectivity index is 1.70. The Morgan fingerprint density at radius 1 is 0.567 bits per heavy atom. The summed E-state index contributed by atoms with van der Waals surface area (Å²) >= 11 is 3.56. The van der Waals surface area contributed by atoms with Crippen LogP contribution >= 0.6 is 22.7 Å². The minimum absolute atomic E-state index is 1.23. The Morgan fingerprint density at radius 2 is 1.30 bits per heavy atom. The fourth-order valence-corrected chi connectivity index (χ4v) is 5.10. The summed E-state index contributed by atoms with van der Waals surface area (Å²) in [5.41, 5.74) is 7.51. The monoisotopic (exact) mass is 420 g/mol. The van der Waals surface area contributed by atoms with Crippen molar-refractivity contribution >= 4 is 34.3 Å². The first-order valence-electron chi connectivity index (χ1n) is 9.93. The molecule has 0 radical (unpaired) electrons. The summed E-state index contributed by atoms with van der Waals surface area (Å²) in [7, 11) is 0. The summed E-state index contributed by atoms with van der Waals surface area (Å²) in [6, 6.07) is 36.8. The molecule has 2 aromatic heterocycles. The van der Waals surface area contributed by atoms with E-state index < -0.39 is 0 Å². The van der Waals surface area contributed by atoms with E-state index >= 15 is 0 Å². The molecule has 0 saturated heterocycles. The van der Waals surface area contributed by atoms with Gasteiger partial charge < -0.3 is 0 Å². The Kier molecular flexibility index (Phi) is 5.43. The zero-order chi connectivity index (χ0) is 20.2. The van der Waals surface area contributed by atoms with Crippen LogP contribution < -0.4 is 0 Å². The van der Waals surface area contributed by atoms with Crippen molar-refractivity contribution in [3.8, 4) is 21.6 Å². The quantitative estimate of drug-likeness (QED) is 0.267. The zero-order valence-electron chi connectivity index (χ0n) is 16.4. The molecule has 30 heavy (non-hydrogen) atoms. The molecule has 2 heterocycles. The first-order chi connectivity index (χ1) is 14.9. The normalized spacial score (nSPS) is 11.5. The number of hydrogen-bond acceptors (Lipinski definition) is 2. The van der Waals surface area contributed by atoms with Crippen molar-refractivity contribution in [1.82, 2.24) is 0 Å². The standard InChI is InChI=1S/C28H20S2/c1-3-9-21(10-4-1)25-16-15-23(19-27(25)28-14-8-18-30-28)26(20-24-13-7-17-29-24)22-11-5-2-6-12-22/h1-20H. The molecule has 2 heteroatoms. The van der Waals surface area contributed by atoms with E-state index in [-0.39, 0.29) is 0 Å². The molecule has 3 aromatic carbocycles. The van der Waals surface area contributed by atoms with Crippen molar-refractivity contribution in [1.29, 1.82) is 0 Å². The van der Waals surface area contributed by atoms with Gasteiger partial charge in [0.2, 0.25) is 0 Å². The van der Waals surface area contributed by atoms with E-state index in [0.717, 1.165) is 0 Å². The van der Waals surface area contributed by atoms with Crippen molar-refractivity contribution in [3.05, 3.63) is 130 Å². The second-order valence-corrected chi connectivity index (χ2v) is 8.97. The topological polar surface area (TPSA) is 0 Å². The highest BCUT2D eigenvalue weighted by Crippen LogP contribution is 2.38. The fourth-order valence-electron chi connectivity index (χ4n) is 3.68. The molecule has 0 aliphatic carbocycles. The fraction of sp³-hybridized carbons (Fsp3) is 0. The maximum atomic E-state index is 2.35. The molecule has 0 fully saturated rings. The van der Waals surface area contributed by atoms with Gasteiger partial charge >= 0.3 is 0 Å². The molecule has 144 valence electrons. The molecule has 0 saturated carbocycles. The molecule has 5 aromatic rings. The first kappa shape index (κ1) is 18.8. The average Bonchev–Trinajstić information content (AvgIpc) is 3.53. The molecule has 0 aliphatic rings. The van der Waals surface area contributed by atoms with Crippen molar-refractivity contribution in [3.63, 3.8) is 0 Å². The minimum Gasteiger partial charge on any atom is -0.144 e. The summed E-state index contributed by atoms with van der Waals surface area (Å²) < 4.78 is 0. The first-order valence-corrected chi connectivity index (χ1v) is 11.7. The number of benzene rings is 3. The third-order valence-corrected chi connectivity index (χ3v) is 6.84. The smallest absolute Gasteiger partial charge is 0.0349 e. The largest absolute Gasteiger partial charge is 0.144 e. The van der Waals surface area contributed by atoms with Gasteiger partial charge in [0.1, 0.15) is 0 Å². The lowest BCUT2D eigenvalue weighted by Gasteiger charge is -2.14. The van der Waals surface area contributed by atoms with Crippen LogP contribution in [0.5, 0.6) is 0 Å². The average molecular weight is 421 g/mol. The molecule has 0 aliphatic heterocycles. The van der Waals surface area contributed by atoms with Gasteiger partial charge in [0.25, 0.3) is 0 Å². The van der Waals surface area contributed by atoms with Crippen molar-refractivity contribution in [2.75, 3.05) is 0 Å². The number of rotatable bonds is 5. The molecule has 0 N–H and O–H groups in total. The Labute approximate surface area is 185 Å². The lowest BCUT2D eigenvalue weighted by Crippen LogP contribution is -1.91. The van der Waals surface area contributed by atoms with Crippen LogP contribution in [0.15, 0.2) is 114 Å². The molecule has 0 bridgehead atoms. The van der Waals surface area contributed by atoms with Gasteiger partial charge in [-0.2, -0.15) is 0 Å². The van der Waals surface area contributed by atoms with Crippen LogP contribution in [-0.2, 0) is 0 Å². The van der Waals surface area contributed by atoms with Gasteiger partial charge in [0, 0.05) is 15.3 Å². The molecular weight excluding hydrogens is 400 g/mol. The molecule has 0 unspecified atom stereocenters. The summed E-state index contributed by atoms with van der Waals surface area (Å²) in [6.45, 7) is 0. The van der Waals surface area contributed by atoms with Crippen molar-refractivity contribution in [2.45, 2.75) is 0 Å². The SMILES string of the molecule is C(=C(c1ccccc1)c1ccc(-c2ccccc2)c(-c2cccs2)c1)c1cccs1. The second-order valence-electron chi connectivity index (χ2n) is 7.04. The van der Waals surface area contributed by atoms with E-state index in [1.807, 2.05) is 0 Å². The van der Waals surface area contributed by atoms with Crippen LogP contribution in [0.25, 0.3) is 33.2 Å². The summed E-state index contributed by atoms with van der Waals surface area (Å²) in [6.07, 6.45) is 2.30. The zero-order valence-corrected chi connectivity index (χ0v) is 18.0. The van der Waals surface area contributed by atoms with Gasteiger partial charge in [-0.05, 0) is 62.9 Å². The minimum atomic E-state index is 1.23. The van der Waals surface area contributed by atoms with Gasteiger partial charge in [-0.1, -0.05) is 84.9 Å². The maximum Gasteiger partial charge on any atom is 0.0349 e. The van der Waals surface area contributed by atoms with Gasteiger partial charge in [-0.15, -0.1) is 22.7 Å². The lowest BCUT2D eigenvalue weighted by atomic mass is 9.91.